The first-order chi connectivity index (χ1) is 12.2. The van der Waals surface area contributed by atoms with E-state index in [2.05, 4.69) is 29.2 Å². The topological polar surface area (TPSA) is 76.2 Å². The summed E-state index contributed by atoms with van der Waals surface area (Å²) in [5, 5.41) is 7.53. The number of nitrogens with zero attached hydrogens (tertiary/aromatic N) is 3. The lowest BCUT2D eigenvalue weighted by Crippen LogP contribution is -2.53. The molecule has 1 aromatic heterocycles. The van der Waals surface area contributed by atoms with E-state index in [1.165, 1.54) is 5.56 Å². The summed E-state index contributed by atoms with van der Waals surface area (Å²) in [4.78, 5) is 14.8. The van der Waals surface area contributed by atoms with Crippen LogP contribution in [-0.4, -0.2) is 46.3 Å². The van der Waals surface area contributed by atoms with Gasteiger partial charge in [-0.15, -0.1) is 24.8 Å². The second-order valence-electron chi connectivity index (χ2n) is 8.06. The summed E-state index contributed by atoms with van der Waals surface area (Å²) in [5.41, 5.74) is 9.20. The maximum absolute atomic E-state index is 12.6. The molecule has 1 atom stereocenters. The first-order valence-electron chi connectivity index (χ1n) is 9.16. The van der Waals surface area contributed by atoms with Crippen molar-refractivity contribution in [3.8, 4) is 5.69 Å². The number of nitrogens with two attached hydrogens (primary N) is 1. The highest BCUT2D eigenvalue weighted by atomic mass is 35.5. The lowest BCUT2D eigenvalue weighted by atomic mass is 9.80. The Morgan fingerprint density at radius 3 is 2.50 bits per heavy atom. The van der Waals surface area contributed by atoms with Crippen LogP contribution in [0.5, 0.6) is 0 Å². The molecule has 1 unspecified atom stereocenters. The van der Waals surface area contributed by atoms with E-state index in [9.17, 15) is 4.79 Å². The van der Waals surface area contributed by atoms with Gasteiger partial charge in [-0.05, 0) is 37.8 Å². The zero-order valence-corrected chi connectivity index (χ0v) is 18.6. The molecule has 0 saturated carbocycles. The highest BCUT2D eigenvalue weighted by molar-refractivity contribution is 5.91. The molecule has 2 heterocycles. The summed E-state index contributed by atoms with van der Waals surface area (Å²) in [6.07, 6.45) is 0.917. The first-order valence-corrected chi connectivity index (χ1v) is 9.16. The molecule has 1 amide bonds. The van der Waals surface area contributed by atoms with Gasteiger partial charge in [-0.1, -0.05) is 31.5 Å². The Morgan fingerprint density at radius 2 is 1.89 bits per heavy atom. The summed E-state index contributed by atoms with van der Waals surface area (Å²) in [6.45, 7) is 10.4. The van der Waals surface area contributed by atoms with Gasteiger partial charge in [0, 0.05) is 25.2 Å². The Hall–Kier alpha value is -1.60. The Bertz CT molecular complexity index is 788. The minimum Gasteiger partial charge on any atom is -0.327 e. The van der Waals surface area contributed by atoms with Crippen molar-refractivity contribution in [1.82, 2.24) is 14.7 Å². The molecule has 0 spiro atoms. The maximum atomic E-state index is 12.6. The normalized spacial score (nSPS) is 18.7. The summed E-state index contributed by atoms with van der Waals surface area (Å²) < 4.78 is 1.78. The van der Waals surface area contributed by atoms with Crippen molar-refractivity contribution in [2.45, 2.75) is 40.2 Å². The van der Waals surface area contributed by atoms with Gasteiger partial charge < -0.3 is 11.1 Å². The lowest BCUT2D eigenvalue weighted by Gasteiger charge is -2.42. The van der Waals surface area contributed by atoms with Crippen LogP contribution in [0.2, 0.25) is 0 Å². The number of carbonyl (C=O) groups is 1. The first kappa shape index (κ1) is 24.4. The van der Waals surface area contributed by atoms with E-state index in [4.69, 9.17) is 5.73 Å². The number of anilines is 1. The molecule has 0 aliphatic carbocycles. The monoisotopic (exact) mass is 427 g/mol. The van der Waals surface area contributed by atoms with Crippen LogP contribution in [0, 0.1) is 19.3 Å². The SMILES string of the molecule is Cc1ccc(-n2nc(C)cc2NC(=O)CN2CCC(N)C(C)(C)C2)cc1.Cl.Cl. The van der Waals surface area contributed by atoms with Gasteiger partial charge in [0.15, 0.2) is 0 Å². The molecule has 8 heteroatoms. The largest absolute Gasteiger partial charge is 0.327 e. The second-order valence-corrected chi connectivity index (χ2v) is 8.06. The second kappa shape index (κ2) is 9.74. The number of nitrogens with one attached hydrogen (secondary N) is 1. The third-order valence-corrected chi connectivity index (χ3v) is 5.14. The van der Waals surface area contributed by atoms with Crippen molar-refractivity contribution < 1.29 is 4.79 Å². The highest BCUT2D eigenvalue weighted by Gasteiger charge is 2.33. The third kappa shape index (κ3) is 5.70. The molecule has 156 valence electrons. The fraction of sp³-hybridized carbons (Fsp3) is 0.500. The quantitative estimate of drug-likeness (QED) is 0.784. The number of benzene rings is 1. The van der Waals surface area contributed by atoms with E-state index in [1.807, 2.05) is 44.2 Å². The van der Waals surface area contributed by atoms with E-state index in [-0.39, 0.29) is 42.2 Å². The lowest BCUT2D eigenvalue weighted by molar-refractivity contribution is -0.118. The molecule has 3 N–H and O–H groups in total. The molecule has 1 aliphatic heterocycles. The minimum atomic E-state index is -0.0236. The molecule has 1 fully saturated rings. The molecule has 1 aliphatic rings. The van der Waals surface area contributed by atoms with Crippen LogP contribution >= 0.6 is 24.8 Å². The van der Waals surface area contributed by atoms with Crippen LogP contribution < -0.4 is 11.1 Å². The molecule has 1 saturated heterocycles. The van der Waals surface area contributed by atoms with Gasteiger partial charge in [-0.2, -0.15) is 5.10 Å². The van der Waals surface area contributed by atoms with E-state index in [0.717, 1.165) is 30.9 Å². The van der Waals surface area contributed by atoms with E-state index in [0.29, 0.717) is 12.4 Å². The van der Waals surface area contributed by atoms with Gasteiger partial charge in [0.1, 0.15) is 5.82 Å². The average molecular weight is 428 g/mol. The van der Waals surface area contributed by atoms with Crippen LogP contribution in [0.25, 0.3) is 5.69 Å². The standard InChI is InChI=1S/C20H29N5O.2ClH/c1-14-5-7-16(8-6-14)25-18(11-15(2)23-25)22-19(26)12-24-10-9-17(21)20(3,4)13-24;;/h5-8,11,17H,9-10,12-13,21H2,1-4H3,(H,22,26);2*1H. The molecule has 28 heavy (non-hydrogen) atoms. The number of hydrogen-bond donors (Lipinski definition) is 2. The number of aromatic nitrogens is 2. The maximum Gasteiger partial charge on any atom is 0.239 e. The fourth-order valence-electron chi connectivity index (χ4n) is 3.48. The van der Waals surface area contributed by atoms with Crippen molar-refractivity contribution in [2.24, 2.45) is 11.1 Å². The third-order valence-electron chi connectivity index (χ3n) is 5.14. The molecule has 3 rings (SSSR count). The Morgan fingerprint density at radius 1 is 1.25 bits per heavy atom. The van der Waals surface area contributed by atoms with Crippen LogP contribution in [0.4, 0.5) is 5.82 Å². The van der Waals surface area contributed by atoms with Crippen LogP contribution in [0.1, 0.15) is 31.5 Å². The Balaban J connectivity index is 0.00000196. The molecule has 0 bridgehead atoms. The fourth-order valence-corrected chi connectivity index (χ4v) is 3.48. The number of piperidine rings is 1. The van der Waals surface area contributed by atoms with Gasteiger partial charge in [0.25, 0.3) is 0 Å². The van der Waals surface area contributed by atoms with E-state index < -0.39 is 0 Å². The van der Waals surface area contributed by atoms with Crippen LogP contribution in [0.15, 0.2) is 30.3 Å². The van der Waals surface area contributed by atoms with Crippen molar-refractivity contribution in [3.63, 3.8) is 0 Å². The molecular formula is C20H31Cl2N5O. The Kier molecular flexibility index (Phi) is 8.50. The summed E-state index contributed by atoms with van der Waals surface area (Å²) in [6, 6.07) is 10.2. The molecular weight excluding hydrogens is 397 g/mol. The summed E-state index contributed by atoms with van der Waals surface area (Å²) in [5.74, 6) is 0.675. The number of likely N-dealkylation sites (tertiary alicyclic amines) is 1. The number of rotatable bonds is 4. The molecule has 6 nitrogen and oxygen atoms in total. The van der Waals surface area contributed by atoms with Gasteiger partial charge >= 0.3 is 0 Å². The number of hydrogen-bond acceptors (Lipinski definition) is 4. The predicted molar refractivity (Wildman–Crippen MR) is 119 cm³/mol. The number of amides is 1. The van der Waals surface area contributed by atoms with Gasteiger partial charge in [0.05, 0.1) is 17.9 Å². The molecule has 1 aromatic carbocycles. The number of halogens is 2. The summed E-state index contributed by atoms with van der Waals surface area (Å²) >= 11 is 0. The average Bonchev–Trinajstić information content (AvgIpc) is 2.91. The van der Waals surface area contributed by atoms with Crippen molar-refractivity contribution in [2.75, 3.05) is 25.0 Å². The van der Waals surface area contributed by atoms with Gasteiger partial charge in [-0.3, -0.25) is 9.69 Å². The van der Waals surface area contributed by atoms with Crippen molar-refractivity contribution in [3.05, 3.63) is 41.6 Å². The zero-order valence-electron chi connectivity index (χ0n) is 16.9. The van der Waals surface area contributed by atoms with Gasteiger partial charge in [0.2, 0.25) is 5.91 Å². The summed E-state index contributed by atoms with van der Waals surface area (Å²) in [7, 11) is 0. The predicted octanol–water partition coefficient (Wildman–Crippen LogP) is 3.33. The van der Waals surface area contributed by atoms with Crippen LogP contribution in [0.3, 0.4) is 0 Å². The van der Waals surface area contributed by atoms with Crippen molar-refractivity contribution >= 4 is 36.5 Å². The highest BCUT2D eigenvalue weighted by Crippen LogP contribution is 2.27. The smallest absolute Gasteiger partial charge is 0.239 e. The van der Waals surface area contributed by atoms with Gasteiger partial charge in [-0.25, -0.2) is 4.68 Å². The molecule has 0 radical (unpaired) electrons. The van der Waals surface area contributed by atoms with Crippen LogP contribution in [-0.2, 0) is 4.79 Å². The number of aryl methyl sites for hydroxylation is 2. The minimum absolute atomic E-state index is 0. The Labute approximate surface area is 179 Å². The van der Waals surface area contributed by atoms with E-state index in [1.54, 1.807) is 4.68 Å². The number of carbonyl (C=O) groups excluding carboxylic acids is 1. The zero-order chi connectivity index (χ0) is 18.9. The van der Waals surface area contributed by atoms with E-state index >= 15 is 0 Å². The molecule has 2 aromatic rings. The van der Waals surface area contributed by atoms with Crippen molar-refractivity contribution in [1.29, 1.82) is 0 Å².